The number of aromatic amines is 1. The van der Waals surface area contributed by atoms with Crippen molar-refractivity contribution in [1.29, 1.82) is 0 Å². The zero-order valence-corrected chi connectivity index (χ0v) is 11.0. The number of thioether (sulfide) groups is 1. The van der Waals surface area contributed by atoms with Crippen LogP contribution in [0.3, 0.4) is 0 Å². The van der Waals surface area contributed by atoms with E-state index >= 15 is 0 Å². The Bertz CT molecular complexity index is 661. The third kappa shape index (κ3) is 2.97. The molecule has 0 unspecified atom stereocenters. The van der Waals surface area contributed by atoms with Gasteiger partial charge in [-0.2, -0.15) is 0 Å². The summed E-state index contributed by atoms with van der Waals surface area (Å²) in [5.41, 5.74) is 6.93. The van der Waals surface area contributed by atoms with E-state index in [4.69, 9.17) is 10.9 Å². The Morgan fingerprint density at radius 2 is 2.42 bits per heavy atom. The van der Waals surface area contributed by atoms with Crippen LogP contribution >= 0.6 is 11.8 Å². The van der Waals surface area contributed by atoms with E-state index in [-0.39, 0.29) is 11.5 Å². The number of amidine groups is 1. The Labute approximate surface area is 113 Å². The lowest BCUT2D eigenvalue weighted by atomic mass is 10.1. The first-order valence-electron chi connectivity index (χ1n) is 5.43. The van der Waals surface area contributed by atoms with Gasteiger partial charge in [0.1, 0.15) is 0 Å². The van der Waals surface area contributed by atoms with Crippen molar-refractivity contribution in [3.05, 3.63) is 45.9 Å². The van der Waals surface area contributed by atoms with E-state index in [1.165, 1.54) is 16.3 Å². The fraction of sp³-hybridized carbons (Fsp3) is 0.182. The van der Waals surface area contributed by atoms with Crippen molar-refractivity contribution in [3.63, 3.8) is 0 Å². The van der Waals surface area contributed by atoms with Gasteiger partial charge in [0.25, 0.3) is 0 Å². The summed E-state index contributed by atoms with van der Waals surface area (Å²) in [7, 11) is 1.65. The van der Waals surface area contributed by atoms with Crippen LogP contribution in [0.25, 0.3) is 0 Å². The number of nitrogens with zero attached hydrogens (tertiary/aromatic N) is 3. The number of hydrogen-bond acceptors (Lipinski definition) is 5. The van der Waals surface area contributed by atoms with Crippen LogP contribution in [0, 0.1) is 0 Å². The molecular formula is C11H13N5O2S. The lowest BCUT2D eigenvalue weighted by molar-refractivity contribution is 0.318. The normalized spacial score (nSPS) is 11.7. The summed E-state index contributed by atoms with van der Waals surface area (Å²) in [5, 5.41) is 18.5. The fourth-order valence-corrected chi connectivity index (χ4v) is 2.35. The molecule has 0 aliphatic carbocycles. The second kappa shape index (κ2) is 5.61. The molecule has 0 aliphatic heterocycles. The maximum absolute atomic E-state index is 11.2. The Morgan fingerprint density at radius 3 is 3.05 bits per heavy atom. The molecule has 0 radical (unpaired) electrons. The maximum atomic E-state index is 11.2. The molecule has 0 saturated carbocycles. The molecular weight excluding hydrogens is 266 g/mol. The number of oxime groups is 1. The molecule has 0 amide bonds. The zero-order valence-electron chi connectivity index (χ0n) is 10.2. The van der Waals surface area contributed by atoms with Gasteiger partial charge in [-0.25, -0.2) is 9.89 Å². The highest BCUT2D eigenvalue weighted by Crippen LogP contribution is 2.19. The lowest BCUT2D eigenvalue weighted by Crippen LogP contribution is -2.13. The summed E-state index contributed by atoms with van der Waals surface area (Å²) in [6, 6.07) is 7.33. The average Bonchev–Trinajstić information content (AvgIpc) is 2.76. The molecule has 1 heterocycles. The van der Waals surface area contributed by atoms with Gasteiger partial charge in [0.15, 0.2) is 11.0 Å². The molecule has 8 heteroatoms. The minimum atomic E-state index is -0.243. The van der Waals surface area contributed by atoms with Gasteiger partial charge >= 0.3 is 5.69 Å². The van der Waals surface area contributed by atoms with Gasteiger partial charge in [-0.1, -0.05) is 35.1 Å². The summed E-state index contributed by atoms with van der Waals surface area (Å²) in [5.74, 6) is 0.698. The first kappa shape index (κ1) is 13.2. The molecule has 100 valence electrons. The molecule has 0 aliphatic rings. The van der Waals surface area contributed by atoms with Crippen molar-refractivity contribution in [2.24, 2.45) is 17.9 Å². The van der Waals surface area contributed by atoms with Gasteiger partial charge in [0.05, 0.1) is 0 Å². The fourth-order valence-electron chi connectivity index (χ4n) is 1.49. The van der Waals surface area contributed by atoms with Crippen molar-refractivity contribution in [1.82, 2.24) is 14.8 Å². The van der Waals surface area contributed by atoms with Crippen LogP contribution in [0.2, 0.25) is 0 Å². The topological polar surface area (TPSA) is 109 Å². The third-order valence-corrected chi connectivity index (χ3v) is 3.64. The largest absolute Gasteiger partial charge is 0.409 e. The first-order chi connectivity index (χ1) is 9.11. The van der Waals surface area contributed by atoms with Crippen molar-refractivity contribution in [2.45, 2.75) is 10.9 Å². The Kier molecular flexibility index (Phi) is 3.91. The number of aromatic nitrogens is 3. The van der Waals surface area contributed by atoms with Gasteiger partial charge in [-0.05, 0) is 11.6 Å². The van der Waals surface area contributed by atoms with Crippen LogP contribution in [0.4, 0.5) is 0 Å². The highest BCUT2D eigenvalue weighted by atomic mass is 32.2. The Balaban J connectivity index is 2.12. The molecule has 7 nitrogen and oxygen atoms in total. The van der Waals surface area contributed by atoms with Crippen molar-refractivity contribution < 1.29 is 5.21 Å². The van der Waals surface area contributed by atoms with Crippen LogP contribution in [0.15, 0.2) is 39.4 Å². The predicted molar refractivity (Wildman–Crippen MR) is 72.3 cm³/mol. The summed E-state index contributed by atoms with van der Waals surface area (Å²) in [6.07, 6.45) is 0. The molecule has 2 rings (SSSR count). The lowest BCUT2D eigenvalue weighted by Gasteiger charge is -2.03. The van der Waals surface area contributed by atoms with E-state index in [0.29, 0.717) is 16.5 Å². The number of hydrogen-bond donors (Lipinski definition) is 3. The van der Waals surface area contributed by atoms with Crippen LogP contribution in [0.1, 0.15) is 11.1 Å². The number of benzene rings is 1. The molecule has 0 spiro atoms. The molecule has 2 aromatic rings. The second-order valence-electron chi connectivity index (χ2n) is 3.84. The molecule has 4 N–H and O–H groups in total. The first-order valence-corrected chi connectivity index (χ1v) is 6.41. The van der Waals surface area contributed by atoms with Crippen LogP contribution in [-0.4, -0.2) is 25.8 Å². The van der Waals surface area contributed by atoms with E-state index in [1.807, 2.05) is 18.2 Å². The minimum Gasteiger partial charge on any atom is -0.409 e. The van der Waals surface area contributed by atoms with Gasteiger partial charge < -0.3 is 10.9 Å². The van der Waals surface area contributed by atoms with E-state index in [2.05, 4.69) is 15.4 Å². The zero-order chi connectivity index (χ0) is 13.8. The monoisotopic (exact) mass is 279 g/mol. The van der Waals surface area contributed by atoms with Crippen molar-refractivity contribution in [2.75, 3.05) is 0 Å². The molecule has 0 bridgehead atoms. The summed E-state index contributed by atoms with van der Waals surface area (Å²) in [6.45, 7) is 0. The molecule has 0 saturated heterocycles. The Hall–Kier alpha value is -2.22. The average molecular weight is 279 g/mol. The van der Waals surface area contributed by atoms with Crippen molar-refractivity contribution >= 4 is 17.6 Å². The number of nitrogens with one attached hydrogen (secondary N) is 1. The minimum absolute atomic E-state index is 0.0685. The smallest absolute Gasteiger partial charge is 0.343 e. The molecule has 19 heavy (non-hydrogen) atoms. The third-order valence-electron chi connectivity index (χ3n) is 2.54. The van der Waals surface area contributed by atoms with Crippen LogP contribution in [0.5, 0.6) is 0 Å². The van der Waals surface area contributed by atoms with Gasteiger partial charge in [-0.15, -0.1) is 5.10 Å². The maximum Gasteiger partial charge on any atom is 0.343 e. The summed E-state index contributed by atoms with van der Waals surface area (Å²) >= 11 is 1.43. The van der Waals surface area contributed by atoms with E-state index in [1.54, 1.807) is 13.1 Å². The standard InChI is InChI=1S/C11H13N5O2S/c1-16-10(17)13-14-11(16)19-6-7-3-2-4-8(5-7)9(12)15-18/h2-5,18H,6H2,1H3,(H2,12,15)(H,13,17). The van der Waals surface area contributed by atoms with E-state index < -0.39 is 0 Å². The van der Waals surface area contributed by atoms with E-state index in [0.717, 1.165) is 5.56 Å². The Morgan fingerprint density at radius 1 is 1.63 bits per heavy atom. The van der Waals surface area contributed by atoms with Crippen LogP contribution < -0.4 is 11.4 Å². The molecule has 1 aromatic carbocycles. The highest BCUT2D eigenvalue weighted by molar-refractivity contribution is 7.98. The van der Waals surface area contributed by atoms with Crippen molar-refractivity contribution in [3.8, 4) is 0 Å². The van der Waals surface area contributed by atoms with Crippen LogP contribution in [-0.2, 0) is 12.8 Å². The predicted octanol–water partition coefficient (Wildman–Crippen LogP) is 0.495. The van der Waals surface area contributed by atoms with Gasteiger partial charge in [0, 0.05) is 18.4 Å². The van der Waals surface area contributed by atoms with Gasteiger partial charge in [0.2, 0.25) is 0 Å². The quantitative estimate of drug-likeness (QED) is 0.248. The molecule has 0 fully saturated rings. The van der Waals surface area contributed by atoms with E-state index in [9.17, 15) is 4.79 Å². The number of H-pyrrole nitrogens is 1. The molecule has 1 aromatic heterocycles. The summed E-state index contributed by atoms with van der Waals surface area (Å²) < 4.78 is 1.44. The summed E-state index contributed by atoms with van der Waals surface area (Å²) in [4.78, 5) is 11.2. The molecule has 0 atom stereocenters. The number of nitrogens with two attached hydrogens (primary N) is 1. The number of rotatable bonds is 4. The van der Waals surface area contributed by atoms with Gasteiger partial charge in [-0.3, -0.25) is 4.57 Å². The SMILES string of the molecule is Cn1c(SCc2cccc(C(N)=NO)c2)n[nH]c1=O. The second-order valence-corrected chi connectivity index (χ2v) is 4.79. The highest BCUT2D eigenvalue weighted by Gasteiger charge is 2.06.